The molecular formula is C19H25Cl2N3O2. The Hall–Kier alpha value is -1.82. The summed E-state index contributed by atoms with van der Waals surface area (Å²) in [5, 5.41) is 3.00. The summed E-state index contributed by atoms with van der Waals surface area (Å²) in [5.41, 5.74) is 6.70. The van der Waals surface area contributed by atoms with Gasteiger partial charge in [-0.2, -0.15) is 0 Å². The molecule has 1 aliphatic rings. The molecule has 26 heavy (non-hydrogen) atoms. The van der Waals surface area contributed by atoms with Gasteiger partial charge in [0.25, 0.3) is 0 Å². The van der Waals surface area contributed by atoms with E-state index >= 15 is 0 Å². The first-order valence-corrected chi connectivity index (χ1v) is 8.42. The first kappa shape index (κ1) is 22.2. The van der Waals surface area contributed by atoms with Crippen LogP contribution in [0.5, 0.6) is 11.6 Å². The second-order valence-corrected chi connectivity index (χ2v) is 6.17. The topological polar surface area (TPSA) is 77.2 Å². The molecular weight excluding hydrogens is 373 g/mol. The highest BCUT2D eigenvalue weighted by molar-refractivity contribution is 5.85. The van der Waals surface area contributed by atoms with Gasteiger partial charge in [0, 0.05) is 24.7 Å². The average Bonchev–Trinajstić information content (AvgIpc) is 3.10. The van der Waals surface area contributed by atoms with Gasteiger partial charge in [-0.1, -0.05) is 30.7 Å². The van der Waals surface area contributed by atoms with Crippen LogP contribution < -0.4 is 15.8 Å². The summed E-state index contributed by atoms with van der Waals surface area (Å²) in [5.74, 6) is 1.77. The first-order chi connectivity index (χ1) is 11.8. The van der Waals surface area contributed by atoms with Crippen molar-refractivity contribution in [3.63, 3.8) is 0 Å². The second-order valence-electron chi connectivity index (χ2n) is 6.17. The molecule has 1 fully saturated rings. The fourth-order valence-corrected chi connectivity index (χ4v) is 3.17. The quantitative estimate of drug-likeness (QED) is 0.778. The molecule has 1 amide bonds. The van der Waals surface area contributed by atoms with Gasteiger partial charge in [0.15, 0.2) is 0 Å². The maximum atomic E-state index is 12.3. The van der Waals surface area contributed by atoms with Gasteiger partial charge in [-0.15, -0.1) is 24.8 Å². The Kier molecular flexibility index (Phi) is 9.41. The minimum atomic E-state index is 0. The summed E-state index contributed by atoms with van der Waals surface area (Å²) in [6.45, 7) is 1.07. The highest BCUT2D eigenvalue weighted by atomic mass is 35.5. The lowest BCUT2D eigenvalue weighted by molar-refractivity contribution is -0.126. The number of hydrogen-bond acceptors (Lipinski definition) is 4. The number of para-hydroxylation sites is 1. The summed E-state index contributed by atoms with van der Waals surface area (Å²) >= 11 is 0. The van der Waals surface area contributed by atoms with E-state index in [0.717, 1.165) is 30.6 Å². The van der Waals surface area contributed by atoms with E-state index in [1.165, 1.54) is 0 Å². The minimum Gasteiger partial charge on any atom is -0.439 e. The van der Waals surface area contributed by atoms with Crippen molar-refractivity contribution in [3.05, 3.63) is 54.2 Å². The van der Waals surface area contributed by atoms with E-state index in [-0.39, 0.29) is 36.6 Å². The van der Waals surface area contributed by atoms with Gasteiger partial charge in [-0.3, -0.25) is 4.79 Å². The number of ether oxygens (including phenoxy) is 1. The van der Waals surface area contributed by atoms with Crippen LogP contribution in [0.3, 0.4) is 0 Å². The van der Waals surface area contributed by atoms with Gasteiger partial charge >= 0.3 is 0 Å². The van der Waals surface area contributed by atoms with Crippen molar-refractivity contribution >= 4 is 30.7 Å². The highest BCUT2D eigenvalue weighted by Crippen LogP contribution is 2.31. The molecule has 3 N–H and O–H groups in total. The van der Waals surface area contributed by atoms with Crippen molar-refractivity contribution in [3.8, 4) is 11.6 Å². The third-order valence-corrected chi connectivity index (χ3v) is 4.53. The number of carbonyl (C=O) groups is 1. The minimum absolute atomic E-state index is 0. The number of carbonyl (C=O) groups excluding carboxylic acids is 1. The molecule has 0 spiro atoms. The zero-order valence-corrected chi connectivity index (χ0v) is 16.1. The van der Waals surface area contributed by atoms with Crippen molar-refractivity contribution < 1.29 is 9.53 Å². The van der Waals surface area contributed by atoms with E-state index < -0.39 is 0 Å². The third kappa shape index (κ3) is 5.87. The van der Waals surface area contributed by atoms with Crippen LogP contribution in [0.2, 0.25) is 0 Å². The van der Waals surface area contributed by atoms with Crippen molar-refractivity contribution in [2.75, 3.05) is 6.54 Å². The lowest BCUT2D eigenvalue weighted by Gasteiger charge is -2.17. The SMILES string of the molecule is Cl.Cl.NC[C@H]1CCC[C@H]1C(=O)NCc1ccc(Oc2ccccc2)nc1. The zero-order chi connectivity index (χ0) is 16.8. The molecule has 0 aliphatic heterocycles. The van der Waals surface area contributed by atoms with Crippen molar-refractivity contribution in [1.29, 1.82) is 0 Å². The van der Waals surface area contributed by atoms with Gasteiger partial charge in [0.2, 0.25) is 11.8 Å². The van der Waals surface area contributed by atoms with Crippen LogP contribution in [0.1, 0.15) is 24.8 Å². The maximum absolute atomic E-state index is 12.3. The van der Waals surface area contributed by atoms with Crippen LogP contribution >= 0.6 is 24.8 Å². The number of amides is 1. The smallest absolute Gasteiger partial charge is 0.223 e. The molecule has 3 rings (SSSR count). The molecule has 2 aromatic rings. The van der Waals surface area contributed by atoms with Crippen LogP contribution in [0.4, 0.5) is 0 Å². The van der Waals surface area contributed by atoms with Gasteiger partial charge in [-0.25, -0.2) is 4.98 Å². The molecule has 0 saturated heterocycles. The number of aromatic nitrogens is 1. The van der Waals surface area contributed by atoms with Gasteiger partial charge in [0.1, 0.15) is 5.75 Å². The van der Waals surface area contributed by atoms with E-state index in [4.69, 9.17) is 10.5 Å². The van der Waals surface area contributed by atoms with Crippen LogP contribution in [0.15, 0.2) is 48.7 Å². The predicted molar refractivity (Wildman–Crippen MR) is 107 cm³/mol. The number of pyridine rings is 1. The average molecular weight is 398 g/mol. The lowest BCUT2D eigenvalue weighted by Crippen LogP contribution is -2.34. The Bertz CT molecular complexity index is 668. The Morgan fingerprint density at radius 1 is 1.15 bits per heavy atom. The normalized spacial score (nSPS) is 18.3. The molecule has 0 unspecified atom stereocenters. The number of nitrogens with two attached hydrogens (primary N) is 1. The maximum Gasteiger partial charge on any atom is 0.223 e. The van der Waals surface area contributed by atoms with E-state index in [1.807, 2.05) is 42.5 Å². The third-order valence-electron chi connectivity index (χ3n) is 4.53. The van der Waals surface area contributed by atoms with Crippen LogP contribution in [0.25, 0.3) is 0 Å². The van der Waals surface area contributed by atoms with Gasteiger partial charge in [-0.05, 0) is 43.0 Å². The Morgan fingerprint density at radius 3 is 2.58 bits per heavy atom. The number of benzene rings is 1. The Labute approximate surface area is 166 Å². The highest BCUT2D eigenvalue weighted by Gasteiger charge is 2.31. The van der Waals surface area contributed by atoms with E-state index in [9.17, 15) is 4.79 Å². The summed E-state index contributed by atoms with van der Waals surface area (Å²) in [6.07, 6.45) is 4.82. The van der Waals surface area contributed by atoms with Crippen molar-refractivity contribution in [1.82, 2.24) is 10.3 Å². The fraction of sp³-hybridized carbons (Fsp3) is 0.368. The van der Waals surface area contributed by atoms with Gasteiger partial charge in [0.05, 0.1) is 0 Å². The molecule has 142 valence electrons. The summed E-state index contributed by atoms with van der Waals surface area (Å²) in [7, 11) is 0. The van der Waals surface area contributed by atoms with Crippen LogP contribution in [-0.2, 0) is 11.3 Å². The number of nitrogens with zero attached hydrogens (tertiary/aromatic N) is 1. The molecule has 0 bridgehead atoms. The summed E-state index contributed by atoms with van der Waals surface area (Å²) in [6, 6.07) is 13.3. The van der Waals surface area contributed by atoms with Gasteiger partial charge < -0.3 is 15.8 Å². The fourth-order valence-electron chi connectivity index (χ4n) is 3.17. The molecule has 1 aromatic heterocycles. The molecule has 1 aliphatic carbocycles. The van der Waals surface area contributed by atoms with Crippen LogP contribution in [0, 0.1) is 11.8 Å². The van der Waals surface area contributed by atoms with E-state index in [0.29, 0.717) is 24.9 Å². The number of rotatable bonds is 6. The number of nitrogens with one attached hydrogen (secondary N) is 1. The predicted octanol–water partition coefficient (Wildman–Crippen LogP) is 3.71. The van der Waals surface area contributed by atoms with Crippen LogP contribution in [-0.4, -0.2) is 17.4 Å². The zero-order valence-electron chi connectivity index (χ0n) is 14.5. The number of hydrogen-bond donors (Lipinski definition) is 2. The standard InChI is InChI=1S/C19H23N3O2.2ClH/c20-11-15-5-4-8-17(15)19(23)22-13-14-9-10-18(21-12-14)24-16-6-2-1-3-7-16;;/h1-3,6-7,9-10,12,15,17H,4-5,8,11,13,20H2,(H,22,23);2*1H/t15-,17-;;/m1../s1. The molecule has 5 nitrogen and oxygen atoms in total. The second kappa shape index (κ2) is 11.0. The van der Waals surface area contributed by atoms with E-state index in [1.54, 1.807) is 6.20 Å². The molecule has 2 atom stereocenters. The summed E-state index contributed by atoms with van der Waals surface area (Å²) in [4.78, 5) is 16.6. The molecule has 1 aromatic carbocycles. The lowest BCUT2D eigenvalue weighted by atomic mass is 9.95. The monoisotopic (exact) mass is 397 g/mol. The van der Waals surface area contributed by atoms with Crippen molar-refractivity contribution in [2.24, 2.45) is 17.6 Å². The molecule has 7 heteroatoms. The summed E-state index contributed by atoms with van der Waals surface area (Å²) < 4.78 is 5.66. The van der Waals surface area contributed by atoms with E-state index in [2.05, 4.69) is 10.3 Å². The molecule has 1 saturated carbocycles. The number of halogens is 2. The largest absolute Gasteiger partial charge is 0.439 e. The molecule has 0 radical (unpaired) electrons. The Morgan fingerprint density at radius 2 is 1.92 bits per heavy atom. The first-order valence-electron chi connectivity index (χ1n) is 8.42. The van der Waals surface area contributed by atoms with Crippen molar-refractivity contribution in [2.45, 2.75) is 25.8 Å². The Balaban J connectivity index is 0.00000169. The molecule has 1 heterocycles.